The fourth-order valence-electron chi connectivity index (χ4n) is 1.85. The van der Waals surface area contributed by atoms with Gasteiger partial charge in [0, 0.05) is 6.04 Å². The van der Waals surface area contributed by atoms with Crippen LogP contribution in [-0.4, -0.2) is 16.2 Å². The van der Waals surface area contributed by atoms with E-state index in [-0.39, 0.29) is 17.4 Å². The first-order valence-electron chi connectivity index (χ1n) is 4.44. The molecule has 0 fully saturated rings. The number of fused-ring (bicyclic) bond motifs is 1. The zero-order chi connectivity index (χ0) is 10.3. The minimum absolute atomic E-state index is 0.0437. The van der Waals surface area contributed by atoms with Crippen LogP contribution in [0.4, 0.5) is 0 Å². The molecule has 4 N–H and O–H groups in total. The predicted octanol–water partition coefficient (Wildman–Crippen LogP) is 1.04. The summed E-state index contributed by atoms with van der Waals surface area (Å²) in [6, 6.07) is 2.91. The lowest BCUT2D eigenvalue weighted by molar-refractivity contribution is 0.0693. The molecule has 0 amide bonds. The highest BCUT2D eigenvalue weighted by Gasteiger charge is 2.22. The molecule has 1 unspecified atom stereocenters. The SMILES string of the molecule is NC1CCc2cc(C(=O)O)c(O)cc21. The summed E-state index contributed by atoms with van der Waals surface area (Å²) in [7, 11) is 0. The highest BCUT2D eigenvalue weighted by Crippen LogP contribution is 2.33. The minimum Gasteiger partial charge on any atom is -0.507 e. The van der Waals surface area contributed by atoms with Crippen LogP contribution in [-0.2, 0) is 6.42 Å². The standard InChI is InChI=1S/C10H11NO3/c11-8-2-1-5-3-7(10(13)14)9(12)4-6(5)8/h3-4,8,12H,1-2,11H2,(H,13,14). The summed E-state index contributed by atoms with van der Waals surface area (Å²) >= 11 is 0. The van der Waals surface area contributed by atoms with Gasteiger partial charge in [0.05, 0.1) is 0 Å². The van der Waals surface area contributed by atoms with E-state index in [1.807, 2.05) is 0 Å². The molecule has 1 aromatic rings. The van der Waals surface area contributed by atoms with Crippen molar-refractivity contribution in [3.63, 3.8) is 0 Å². The molecule has 14 heavy (non-hydrogen) atoms. The normalized spacial score (nSPS) is 19.4. The van der Waals surface area contributed by atoms with Crippen molar-refractivity contribution in [1.29, 1.82) is 0 Å². The molecule has 0 saturated heterocycles. The smallest absolute Gasteiger partial charge is 0.339 e. The molecule has 1 aromatic carbocycles. The first kappa shape index (κ1) is 9.02. The lowest BCUT2D eigenvalue weighted by atomic mass is 10.0. The molecule has 1 aliphatic carbocycles. The van der Waals surface area contributed by atoms with E-state index in [1.165, 1.54) is 12.1 Å². The van der Waals surface area contributed by atoms with Gasteiger partial charge < -0.3 is 15.9 Å². The average Bonchev–Trinajstić information content (AvgIpc) is 2.46. The van der Waals surface area contributed by atoms with Gasteiger partial charge in [-0.1, -0.05) is 0 Å². The number of hydrogen-bond donors (Lipinski definition) is 3. The molecule has 0 heterocycles. The van der Waals surface area contributed by atoms with Crippen molar-refractivity contribution in [2.45, 2.75) is 18.9 Å². The molecule has 1 atom stereocenters. The Balaban J connectivity index is 2.55. The van der Waals surface area contributed by atoms with E-state index in [0.29, 0.717) is 0 Å². The molecule has 0 aromatic heterocycles. The molecule has 74 valence electrons. The number of aromatic hydroxyl groups is 1. The monoisotopic (exact) mass is 193 g/mol. The quantitative estimate of drug-likeness (QED) is 0.622. The van der Waals surface area contributed by atoms with Crippen LogP contribution in [0, 0.1) is 0 Å². The summed E-state index contributed by atoms with van der Waals surface area (Å²) in [5.41, 5.74) is 7.54. The van der Waals surface area contributed by atoms with E-state index in [1.54, 1.807) is 0 Å². The van der Waals surface area contributed by atoms with Crippen molar-refractivity contribution < 1.29 is 15.0 Å². The lowest BCUT2D eigenvalue weighted by Gasteiger charge is -2.07. The summed E-state index contributed by atoms with van der Waals surface area (Å²) in [6.07, 6.45) is 1.61. The van der Waals surface area contributed by atoms with Gasteiger partial charge in [-0.15, -0.1) is 0 Å². The van der Waals surface area contributed by atoms with Crippen LogP contribution in [0.1, 0.15) is 33.9 Å². The molecule has 1 aliphatic rings. The number of hydrogen-bond acceptors (Lipinski definition) is 3. The van der Waals surface area contributed by atoms with E-state index >= 15 is 0 Å². The number of phenols is 1. The van der Waals surface area contributed by atoms with E-state index in [4.69, 9.17) is 10.8 Å². The first-order chi connectivity index (χ1) is 6.59. The first-order valence-corrected chi connectivity index (χ1v) is 4.44. The predicted molar refractivity (Wildman–Crippen MR) is 50.3 cm³/mol. The molecule has 2 rings (SSSR count). The number of carboxylic acid groups (broad SMARTS) is 1. The van der Waals surface area contributed by atoms with Crippen molar-refractivity contribution in [1.82, 2.24) is 0 Å². The Morgan fingerprint density at radius 2 is 2.21 bits per heavy atom. The number of aryl methyl sites for hydroxylation is 1. The second-order valence-corrected chi connectivity index (χ2v) is 3.52. The third-order valence-corrected chi connectivity index (χ3v) is 2.61. The molecular weight excluding hydrogens is 182 g/mol. The number of carbonyl (C=O) groups is 1. The van der Waals surface area contributed by atoms with Gasteiger partial charge in [0.1, 0.15) is 11.3 Å². The van der Waals surface area contributed by atoms with Gasteiger partial charge in [0.15, 0.2) is 0 Å². The third-order valence-electron chi connectivity index (χ3n) is 2.61. The Kier molecular flexibility index (Phi) is 1.93. The van der Waals surface area contributed by atoms with Crippen molar-refractivity contribution in [3.05, 3.63) is 28.8 Å². The molecule has 4 heteroatoms. The molecule has 0 spiro atoms. The van der Waals surface area contributed by atoms with Gasteiger partial charge in [0.2, 0.25) is 0 Å². The Hall–Kier alpha value is -1.55. The molecule has 0 bridgehead atoms. The fourth-order valence-corrected chi connectivity index (χ4v) is 1.85. The maximum absolute atomic E-state index is 10.7. The Labute approximate surface area is 81.0 Å². The Bertz CT molecular complexity index is 401. The van der Waals surface area contributed by atoms with Crippen LogP contribution >= 0.6 is 0 Å². The zero-order valence-electron chi connectivity index (χ0n) is 7.53. The molecule has 4 nitrogen and oxygen atoms in total. The number of nitrogens with two attached hydrogens (primary N) is 1. The number of aromatic carboxylic acids is 1. The maximum Gasteiger partial charge on any atom is 0.339 e. The molecule has 0 radical (unpaired) electrons. The van der Waals surface area contributed by atoms with E-state index in [2.05, 4.69) is 0 Å². The van der Waals surface area contributed by atoms with Gasteiger partial charge in [-0.3, -0.25) is 0 Å². The van der Waals surface area contributed by atoms with Crippen molar-refractivity contribution in [2.24, 2.45) is 5.73 Å². The minimum atomic E-state index is -1.11. The van der Waals surface area contributed by atoms with E-state index in [9.17, 15) is 9.90 Å². The summed E-state index contributed by atoms with van der Waals surface area (Å²) in [5, 5.41) is 18.2. The Morgan fingerprint density at radius 1 is 1.50 bits per heavy atom. The van der Waals surface area contributed by atoms with Gasteiger partial charge in [-0.25, -0.2) is 4.79 Å². The average molecular weight is 193 g/mol. The summed E-state index contributed by atoms with van der Waals surface area (Å²) in [6.45, 7) is 0. The number of rotatable bonds is 1. The fraction of sp³-hybridized carbons (Fsp3) is 0.300. The molecular formula is C10H11NO3. The van der Waals surface area contributed by atoms with E-state index < -0.39 is 5.97 Å². The maximum atomic E-state index is 10.7. The van der Waals surface area contributed by atoms with Crippen LogP contribution in [0.5, 0.6) is 5.75 Å². The van der Waals surface area contributed by atoms with Gasteiger partial charge >= 0.3 is 5.97 Å². The van der Waals surface area contributed by atoms with Crippen LogP contribution in [0.25, 0.3) is 0 Å². The second kappa shape index (κ2) is 2.99. The van der Waals surface area contributed by atoms with Crippen LogP contribution in [0.15, 0.2) is 12.1 Å². The topological polar surface area (TPSA) is 83.6 Å². The third kappa shape index (κ3) is 1.24. The summed E-state index contributed by atoms with van der Waals surface area (Å²) in [5.74, 6) is -1.31. The number of benzene rings is 1. The highest BCUT2D eigenvalue weighted by molar-refractivity contribution is 5.91. The second-order valence-electron chi connectivity index (χ2n) is 3.52. The largest absolute Gasteiger partial charge is 0.507 e. The van der Waals surface area contributed by atoms with Crippen LogP contribution < -0.4 is 5.73 Å². The zero-order valence-corrected chi connectivity index (χ0v) is 7.53. The molecule has 0 saturated carbocycles. The van der Waals surface area contributed by atoms with Crippen molar-refractivity contribution >= 4 is 5.97 Å². The highest BCUT2D eigenvalue weighted by atomic mass is 16.4. The van der Waals surface area contributed by atoms with Crippen LogP contribution in [0.3, 0.4) is 0 Å². The molecule has 0 aliphatic heterocycles. The van der Waals surface area contributed by atoms with Crippen molar-refractivity contribution in [3.8, 4) is 5.75 Å². The summed E-state index contributed by atoms with van der Waals surface area (Å²) < 4.78 is 0. The van der Waals surface area contributed by atoms with Crippen molar-refractivity contribution in [2.75, 3.05) is 0 Å². The van der Waals surface area contributed by atoms with Gasteiger partial charge in [0.25, 0.3) is 0 Å². The van der Waals surface area contributed by atoms with Crippen LogP contribution in [0.2, 0.25) is 0 Å². The lowest BCUT2D eigenvalue weighted by Crippen LogP contribution is -2.06. The number of carboxylic acids is 1. The Morgan fingerprint density at radius 3 is 2.86 bits per heavy atom. The van der Waals surface area contributed by atoms with Gasteiger partial charge in [-0.2, -0.15) is 0 Å². The van der Waals surface area contributed by atoms with Gasteiger partial charge in [-0.05, 0) is 36.1 Å². The van der Waals surface area contributed by atoms with E-state index in [0.717, 1.165) is 24.0 Å². The summed E-state index contributed by atoms with van der Waals surface area (Å²) in [4.78, 5) is 10.7.